The number of halogens is 1. The molecule has 0 aromatic rings. The van der Waals surface area contributed by atoms with E-state index in [9.17, 15) is 4.39 Å². The SMILES string of the molecule is CC1C=CC=C(F)N1. The lowest BCUT2D eigenvalue weighted by Crippen LogP contribution is -2.22. The van der Waals surface area contributed by atoms with Crippen LogP contribution in [0.5, 0.6) is 0 Å². The zero-order valence-electron chi connectivity index (χ0n) is 4.69. The highest BCUT2D eigenvalue weighted by Gasteiger charge is 2.00. The lowest BCUT2D eigenvalue weighted by Gasteiger charge is -2.10. The molecular formula is C6H8FN. The van der Waals surface area contributed by atoms with Crippen molar-refractivity contribution in [2.24, 2.45) is 0 Å². The second-order valence-corrected chi connectivity index (χ2v) is 1.83. The molecule has 1 nitrogen and oxygen atoms in total. The molecule has 1 atom stereocenters. The highest BCUT2D eigenvalue weighted by atomic mass is 19.1. The van der Waals surface area contributed by atoms with Crippen molar-refractivity contribution < 1.29 is 4.39 Å². The first-order chi connectivity index (χ1) is 3.79. The summed E-state index contributed by atoms with van der Waals surface area (Å²) in [5.41, 5.74) is 0. The van der Waals surface area contributed by atoms with Crippen LogP contribution in [0.2, 0.25) is 0 Å². The average molecular weight is 113 g/mol. The fourth-order valence-electron chi connectivity index (χ4n) is 0.620. The zero-order chi connectivity index (χ0) is 5.98. The third kappa shape index (κ3) is 1.09. The van der Waals surface area contributed by atoms with Gasteiger partial charge in [-0.3, -0.25) is 0 Å². The molecule has 1 aliphatic heterocycles. The largest absolute Gasteiger partial charge is 0.356 e. The van der Waals surface area contributed by atoms with E-state index in [1.54, 1.807) is 6.08 Å². The fraction of sp³-hybridized carbons (Fsp3) is 0.333. The van der Waals surface area contributed by atoms with Gasteiger partial charge >= 0.3 is 0 Å². The molecule has 0 saturated carbocycles. The molecule has 0 aliphatic carbocycles. The van der Waals surface area contributed by atoms with E-state index in [0.29, 0.717) is 0 Å². The van der Waals surface area contributed by atoms with Gasteiger partial charge in [0.2, 0.25) is 0 Å². The highest BCUT2D eigenvalue weighted by molar-refractivity contribution is 5.14. The van der Waals surface area contributed by atoms with Crippen molar-refractivity contribution in [3.8, 4) is 0 Å². The van der Waals surface area contributed by atoms with Gasteiger partial charge in [0, 0.05) is 6.04 Å². The smallest absolute Gasteiger partial charge is 0.187 e. The maximum atomic E-state index is 12.1. The second-order valence-electron chi connectivity index (χ2n) is 1.83. The van der Waals surface area contributed by atoms with Crippen LogP contribution >= 0.6 is 0 Å². The standard InChI is InChI=1S/C6H8FN/c1-5-3-2-4-6(7)8-5/h2-5,8H,1H3. The zero-order valence-corrected chi connectivity index (χ0v) is 4.69. The van der Waals surface area contributed by atoms with Crippen molar-refractivity contribution >= 4 is 0 Å². The molecule has 44 valence electrons. The maximum Gasteiger partial charge on any atom is 0.187 e. The fourth-order valence-corrected chi connectivity index (χ4v) is 0.620. The van der Waals surface area contributed by atoms with Crippen LogP contribution in [-0.2, 0) is 0 Å². The summed E-state index contributed by atoms with van der Waals surface area (Å²) >= 11 is 0. The van der Waals surface area contributed by atoms with E-state index in [1.807, 2.05) is 13.0 Å². The van der Waals surface area contributed by atoms with Crippen molar-refractivity contribution in [2.45, 2.75) is 13.0 Å². The molecule has 1 aliphatic rings. The van der Waals surface area contributed by atoms with Gasteiger partial charge in [-0.05, 0) is 13.0 Å². The van der Waals surface area contributed by atoms with Crippen LogP contribution in [0.25, 0.3) is 0 Å². The van der Waals surface area contributed by atoms with Crippen LogP contribution in [0, 0.1) is 0 Å². The van der Waals surface area contributed by atoms with Crippen molar-refractivity contribution in [1.29, 1.82) is 0 Å². The van der Waals surface area contributed by atoms with Gasteiger partial charge in [0.15, 0.2) is 5.95 Å². The molecule has 0 radical (unpaired) electrons. The Labute approximate surface area is 47.9 Å². The highest BCUT2D eigenvalue weighted by Crippen LogP contribution is 2.00. The summed E-state index contributed by atoms with van der Waals surface area (Å²) < 4.78 is 12.1. The van der Waals surface area contributed by atoms with Crippen LogP contribution in [0.3, 0.4) is 0 Å². The van der Waals surface area contributed by atoms with E-state index in [2.05, 4.69) is 5.32 Å². The quantitative estimate of drug-likeness (QED) is 0.467. The molecule has 8 heavy (non-hydrogen) atoms. The Morgan fingerprint density at radius 1 is 1.75 bits per heavy atom. The van der Waals surface area contributed by atoms with E-state index in [4.69, 9.17) is 0 Å². The summed E-state index contributed by atoms with van der Waals surface area (Å²) in [7, 11) is 0. The molecule has 0 amide bonds. The first-order valence-corrected chi connectivity index (χ1v) is 2.59. The number of hydrogen-bond acceptors (Lipinski definition) is 1. The van der Waals surface area contributed by atoms with Crippen LogP contribution in [0.4, 0.5) is 4.39 Å². The molecule has 0 aromatic carbocycles. The van der Waals surface area contributed by atoms with Crippen LogP contribution in [0.1, 0.15) is 6.92 Å². The maximum absolute atomic E-state index is 12.1. The number of dihydropyridines is 1. The predicted octanol–water partition coefficient (Wildman–Crippen LogP) is 1.35. The molecular weight excluding hydrogens is 105 g/mol. The molecule has 0 fully saturated rings. The molecule has 1 heterocycles. The Kier molecular flexibility index (Phi) is 1.33. The van der Waals surface area contributed by atoms with Gasteiger partial charge in [0.1, 0.15) is 0 Å². The summed E-state index contributed by atoms with van der Waals surface area (Å²) in [4.78, 5) is 0. The molecule has 0 saturated heterocycles. The van der Waals surface area contributed by atoms with Crippen LogP contribution < -0.4 is 5.32 Å². The third-order valence-electron chi connectivity index (χ3n) is 1.01. The summed E-state index contributed by atoms with van der Waals surface area (Å²) in [5.74, 6) is -0.250. The van der Waals surface area contributed by atoms with E-state index >= 15 is 0 Å². The normalized spacial score (nSPS) is 26.8. The van der Waals surface area contributed by atoms with E-state index in [-0.39, 0.29) is 12.0 Å². The molecule has 0 spiro atoms. The minimum Gasteiger partial charge on any atom is -0.356 e. The lowest BCUT2D eigenvalue weighted by atomic mass is 10.2. The number of nitrogens with one attached hydrogen (secondary N) is 1. The molecule has 2 heteroatoms. The summed E-state index contributed by atoms with van der Waals surface area (Å²) in [6, 6.07) is 0.139. The molecule has 1 unspecified atom stereocenters. The summed E-state index contributed by atoms with van der Waals surface area (Å²) in [5, 5.41) is 2.59. The first kappa shape index (κ1) is 5.35. The number of rotatable bonds is 0. The monoisotopic (exact) mass is 113 g/mol. The van der Waals surface area contributed by atoms with E-state index in [1.165, 1.54) is 6.08 Å². The van der Waals surface area contributed by atoms with Gasteiger partial charge in [0.05, 0.1) is 0 Å². The summed E-state index contributed by atoms with van der Waals surface area (Å²) in [6.45, 7) is 1.89. The van der Waals surface area contributed by atoms with Crippen LogP contribution in [0.15, 0.2) is 24.2 Å². The molecule has 0 aromatic heterocycles. The molecule has 0 bridgehead atoms. The Morgan fingerprint density at radius 3 is 2.88 bits per heavy atom. The van der Waals surface area contributed by atoms with Crippen molar-refractivity contribution in [2.75, 3.05) is 0 Å². The van der Waals surface area contributed by atoms with Crippen LogP contribution in [-0.4, -0.2) is 6.04 Å². The predicted molar refractivity (Wildman–Crippen MR) is 30.9 cm³/mol. The summed E-state index contributed by atoms with van der Waals surface area (Å²) in [6.07, 6.45) is 5.00. The second kappa shape index (κ2) is 1.99. The van der Waals surface area contributed by atoms with Gasteiger partial charge in [-0.25, -0.2) is 0 Å². The minimum atomic E-state index is -0.250. The van der Waals surface area contributed by atoms with Crippen molar-refractivity contribution in [3.63, 3.8) is 0 Å². The lowest BCUT2D eigenvalue weighted by molar-refractivity contribution is 0.516. The van der Waals surface area contributed by atoms with E-state index in [0.717, 1.165) is 0 Å². The van der Waals surface area contributed by atoms with Gasteiger partial charge in [-0.1, -0.05) is 12.2 Å². The number of hydrogen-bond donors (Lipinski definition) is 1. The van der Waals surface area contributed by atoms with Gasteiger partial charge in [0.25, 0.3) is 0 Å². The Morgan fingerprint density at radius 2 is 2.50 bits per heavy atom. The molecule has 1 N–H and O–H groups in total. The van der Waals surface area contributed by atoms with Gasteiger partial charge in [-0.15, -0.1) is 0 Å². The van der Waals surface area contributed by atoms with Gasteiger partial charge in [-0.2, -0.15) is 4.39 Å². The minimum absolute atomic E-state index is 0.139. The Hall–Kier alpha value is -0.790. The first-order valence-electron chi connectivity index (χ1n) is 2.59. The Bertz CT molecular complexity index is 137. The molecule has 1 rings (SSSR count). The topological polar surface area (TPSA) is 12.0 Å². The number of allylic oxidation sites excluding steroid dienone is 2. The van der Waals surface area contributed by atoms with Crippen molar-refractivity contribution in [1.82, 2.24) is 5.32 Å². The average Bonchev–Trinajstić information content (AvgIpc) is 1.64. The van der Waals surface area contributed by atoms with Crippen molar-refractivity contribution in [3.05, 3.63) is 24.2 Å². The van der Waals surface area contributed by atoms with E-state index < -0.39 is 0 Å². The Balaban J connectivity index is 2.59. The van der Waals surface area contributed by atoms with Gasteiger partial charge < -0.3 is 5.32 Å². The third-order valence-corrected chi connectivity index (χ3v) is 1.01.